The minimum atomic E-state index is -0.312. The lowest BCUT2D eigenvalue weighted by molar-refractivity contribution is -0.130. The van der Waals surface area contributed by atoms with Crippen LogP contribution in [0.2, 0.25) is 0 Å². The summed E-state index contributed by atoms with van der Waals surface area (Å²) in [6.45, 7) is 3.60. The third-order valence-corrected chi connectivity index (χ3v) is 4.44. The number of nitrogens with zero attached hydrogens (tertiary/aromatic N) is 2. The minimum Gasteiger partial charge on any atom is -0.462 e. The van der Waals surface area contributed by atoms with E-state index >= 15 is 0 Å². The van der Waals surface area contributed by atoms with Crippen molar-refractivity contribution in [3.63, 3.8) is 0 Å². The molecule has 0 saturated carbocycles. The molecule has 6 heteroatoms. The topological polar surface area (TPSA) is 56.9 Å². The standard InChI is InChI=1S/C19H23FN2O3/c20-16-4-1-3-15(11-16)12-19(24)22-8-2-7-21(9-10-22)13-17-5-6-18(14-23)25-17/h1,3-6,11,23H,2,7-10,12-14H2. The van der Waals surface area contributed by atoms with E-state index in [0.29, 0.717) is 31.0 Å². The first-order chi connectivity index (χ1) is 12.1. The maximum atomic E-state index is 13.3. The predicted molar refractivity (Wildman–Crippen MR) is 91.2 cm³/mol. The van der Waals surface area contributed by atoms with Gasteiger partial charge in [0.2, 0.25) is 5.91 Å². The molecule has 0 radical (unpaired) electrons. The smallest absolute Gasteiger partial charge is 0.227 e. The molecule has 1 aliphatic rings. The molecule has 1 N–H and O–H groups in total. The Morgan fingerprint density at radius 1 is 1.12 bits per heavy atom. The van der Waals surface area contributed by atoms with E-state index < -0.39 is 0 Å². The van der Waals surface area contributed by atoms with Crippen molar-refractivity contribution in [3.05, 3.63) is 59.3 Å². The van der Waals surface area contributed by atoms with Gasteiger partial charge < -0.3 is 14.4 Å². The van der Waals surface area contributed by atoms with Gasteiger partial charge in [-0.05, 0) is 36.2 Å². The van der Waals surface area contributed by atoms with Crippen LogP contribution >= 0.6 is 0 Å². The number of halogens is 1. The van der Waals surface area contributed by atoms with Gasteiger partial charge in [0.25, 0.3) is 0 Å². The molecule has 1 saturated heterocycles. The van der Waals surface area contributed by atoms with E-state index in [1.807, 2.05) is 11.0 Å². The van der Waals surface area contributed by atoms with Gasteiger partial charge >= 0.3 is 0 Å². The highest BCUT2D eigenvalue weighted by Crippen LogP contribution is 2.14. The molecule has 3 rings (SSSR count). The molecule has 2 heterocycles. The molecule has 1 aromatic heterocycles. The van der Waals surface area contributed by atoms with Gasteiger partial charge in [-0.25, -0.2) is 4.39 Å². The van der Waals surface area contributed by atoms with Crippen molar-refractivity contribution in [3.8, 4) is 0 Å². The number of amides is 1. The Bertz CT molecular complexity index is 716. The summed E-state index contributed by atoms with van der Waals surface area (Å²) in [6, 6.07) is 9.87. The fourth-order valence-corrected chi connectivity index (χ4v) is 3.12. The van der Waals surface area contributed by atoms with Crippen molar-refractivity contribution < 1.29 is 18.7 Å². The number of benzene rings is 1. The van der Waals surface area contributed by atoms with Crippen LogP contribution in [-0.2, 0) is 24.4 Å². The van der Waals surface area contributed by atoms with Crippen LogP contribution < -0.4 is 0 Å². The van der Waals surface area contributed by atoms with Crippen LogP contribution in [0.15, 0.2) is 40.8 Å². The Kier molecular flexibility index (Phi) is 5.83. The molecule has 0 unspecified atom stereocenters. The molecule has 25 heavy (non-hydrogen) atoms. The first kappa shape index (κ1) is 17.6. The summed E-state index contributed by atoms with van der Waals surface area (Å²) in [5, 5.41) is 9.06. The van der Waals surface area contributed by atoms with Gasteiger partial charge in [0.1, 0.15) is 23.9 Å². The Morgan fingerprint density at radius 2 is 1.96 bits per heavy atom. The second kappa shape index (κ2) is 8.27. The van der Waals surface area contributed by atoms with Crippen molar-refractivity contribution in [2.24, 2.45) is 0 Å². The Morgan fingerprint density at radius 3 is 2.72 bits per heavy atom. The van der Waals surface area contributed by atoms with Crippen LogP contribution in [-0.4, -0.2) is 47.0 Å². The molecule has 0 aliphatic carbocycles. The van der Waals surface area contributed by atoms with Crippen LogP contribution in [0.3, 0.4) is 0 Å². The van der Waals surface area contributed by atoms with Crippen LogP contribution in [0.5, 0.6) is 0 Å². The largest absolute Gasteiger partial charge is 0.462 e. The summed E-state index contributed by atoms with van der Waals surface area (Å²) in [7, 11) is 0. The summed E-state index contributed by atoms with van der Waals surface area (Å²) < 4.78 is 18.8. The molecule has 1 aliphatic heterocycles. The highest BCUT2D eigenvalue weighted by atomic mass is 19.1. The highest BCUT2D eigenvalue weighted by molar-refractivity contribution is 5.78. The lowest BCUT2D eigenvalue weighted by Crippen LogP contribution is -2.36. The quantitative estimate of drug-likeness (QED) is 0.902. The van der Waals surface area contributed by atoms with Gasteiger partial charge in [-0.1, -0.05) is 12.1 Å². The lowest BCUT2D eigenvalue weighted by Gasteiger charge is -2.21. The molecule has 1 aromatic carbocycles. The summed E-state index contributed by atoms with van der Waals surface area (Å²) in [4.78, 5) is 16.6. The normalized spacial score (nSPS) is 16.0. The van der Waals surface area contributed by atoms with E-state index in [1.165, 1.54) is 12.1 Å². The Balaban J connectivity index is 1.53. The number of rotatable bonds is 5. The monoisotopic (exact) mass is 346 g/mol. The van der Waals surface area contributed by atoms with Crippen LogP contribution in [0.4, 0.5) is 4.39 Å². The van der Waals surface area contributed by atoms with Crippen LogP contribution in [0, 0.1) is 5.82 Å². The second-order valence-corrected chi connectivity index (χ2v) is 6.34. The number of aliphatic hydroxyl groups is 1. The second-order valence-electron chi connectivity index (χ2n) is 6.34. The van der Waals surface area contributed by atoms with Gasteiger partial charge in [-0.15, -0.1) is 0 Å². The third-order valence-electron chi connectivity index (χ3n) is 4.44. The number of aliphatic hydroxyl groups excluding tert-OH is 1. The van der Waals surface area contributed by atoms with E-state index in [4.69, 9.17) is 9.52 Å². The van der Waals surface area contributed by atoms with Crippen molar-refractivity contribution in [1.82, 2.24) is 9.80 Å². The molecule has 1 amide bonds. The number of carbonyl (C=O) groups excluding carboxylic acids is 1. The van der Waals surface area contributed by atoms with Crippen molar-refractivity contribution >= 4 is 5.91 Å². The van der Waals surface area contributed by atoms with E-state index in [9.17, 15) is 9.18 Å². The molecule has 1 fully saturated rings. The number of carbonyl (C=O) groups is 1. The summed E-state index contributed by atoms with van der Waals surface area (Å²) in [5.74, 6) is 1.11. The van der Waals surface area contributed by atoms with Crippen molar-refractivity contribution in [2.45, 2.75) is 26.0 Å². The van der Waals surface area contributed by atoms with E-state index in [0.717, 1.165) is 25.3 Å². The van der Waals surface area contributed by atoms with Gasteiger partial charge in [-0.2, -0.15) is 0 Å². The summed E-state index contributed by atoms with van der Waals surface area (Å²) in [6.07, 6.45) is 1.12. The van der Waals surface area contributed by atoms with Crippen LogP contribution in [0.1, 0.15) is 23.5 Å². The molecule has 0 bridgehead atoms. The molecule has 2 aromatic rings. The first-order valence-corrected chi connectivity index (χ1v) is 8.57. The zero-order chi connectivity index (χ0) is 17.6. The first-order valence-electron chi connectivity index (χ1n) is 8.57. The predicted octanol–water partition coefficient (Wildman–Crippen LogP) is 2.19. The maximum absolute atomic E-state index is 13.3. The number of hydrogen-bond acceptors (Lipinski definition) is 4. The SMILES string of the molecule is O=C(Cc1cccc(F)c1)N1CCCN(Cc2ccc(CO)o2)CC1. The van der Waals surface area contributed by atoms with E-state index in [-0.39, 0.29) is 24.8 Å². The molecule has 134 valence electrons. The fraction of sp³-hybridized carbons (Fsp3) is 0.421. The van der Waals surface area contributed by atoms with Gasteiger partial charge in [0.15, 0.2) is 0 Å². The molecule has 0 spiro atoms. The molecule has 0 atom stereocenters. The highest BCUT2D eigenvalue weighted by Gasteiger charge is 2.20. The zero-order valence-electron chi connectivity index (χ0n) is 14.2. The number of hydrogen-bond donors (Lipinski definition) is 1. The fourth-order valence-electron chi connectivity index (χ4n) is 3.12. The van der Waals surface area contributed by atoms with E-state index in [1.54, 1.807) is 18.2 Å². The Hall–Kier alpha value is -2.18. The lowest BCUT2D eigenvalue weighted by atomic mass is 10.1. The summed E-state index contributed by atoms with van der Waals surface area (Å²) in [5.41, 5.74) is 0.707. The Labute approximate surface area is 146 Å². The third kappa shape index (κ3) is 4.90. The zero-order valence-corrected chi connectivity index (χ0v) is 14.2. The number of furan rings is 1. The minimum absolute atomic E-state index is 0.0352. The molecular formula is C19H23FN2O3. The molecule has 5 nitrogen and oxygen atoms in total. The van der Waals surface area contributed by atoms with Gasteiger partial charge in [0.05, 0.1) is 13.0 Å². The van der Waals surface area contributed by atoms with E-state index in [2.05, 4.69) is 4.90 Å². The van der Waals surface area contributed by atoms with Crippen LogP contribution in [0.25, 0.3) is 0 Å². The van der Waals surface area contributed by atoms with Crippen molar-refractivity contribution in [1.29, 1.82) is 0 Å². The average Bonchev–Trinajstić information content (AvgIpc) is 2.91. The molecular weight excluding hydrogens is 323 g/mol. The average molecular weight is 346 g/mol. The van der Waals surface area contributed by atoms with Gasteiger partial charge in [-0.3, -0.25) is 9.69 Å². The maximum Gasteiger partial charge on any atom is 0.227 e. The summed E-state index contributed by atoms with van der Waals surface area (Å²) >= 11 is 0. The van der Waals surface area contributed by atoms with Gasteiger partial charge in [0, 0.05) is 26.2 Å². The van der Waals surface area contributed by atoms with Crippen molar-refractivity contribution in [2.75, 3.05) is 26.2 Å².